The van der Waals surface area contributed by atoms with E-state index >= 15 is 0 Å². The van der Waals surface area contributed by atoms with Crippen LogP contribution in [0.4, 0.5) is 0 Å². The van der Waals surface area contributed by atoms with Crippen molar-refractivity contribution in [3.8, 4) is 0 Å². The monoisotopic (exact) mass is 242 g/mol. The summed E-state index contributed by atoms with van der Waals surface area (Å²) in [5.74, 6) is -0.367. The fourth-order valence-electron chi connectivity index (χ4n) is 0.818. The number of rotatable bonds is 6. The van der Waals surface area contributed by atoms with Gasteiger partial charge in [-0.25, -0.2) is 4.79 Å². The minimum atomic E-state index is -0.367. The third-order valence-electron chi connectivity index (χ3n) is 1.66. The normalized spacial score (nSPS) is 10.6. The van der Waals surface area contributed by atoms with Crippen molar-refractivity contribution in [2.24, 2.45) is 0 Å². The van der Waals surface area contributed by atoms with Crippen LogP contribution in [0.1, 0.15) is 40.5 Å². The number of methoxy groups -OCH3 is 1. The molecule has 0 spiro atoms. The molecule has 0 bridgehead atoms. The number of carbonyl (C=O) groups excluding carboxylic acids is 1. The number of esters is 1. The van der Waals surface area contributed by atoms with Gasteiger partial charge in [-0.1, -0.05) is 38.0 Å². The third-order valence-corrected chi connectivity index (χ3v) is 1.66. The Labute approximate surface area is 105 Å². The molecule has 1 unspecified atom stereocenters. The van der Waals surface area contributed by atoms with Gasteiger partial charge in [0.15, 0.2) is 0 Å². The molecule has 0 fully saturated rings. The van der Waals surface area contributed by atoms with E-state index in [-0.39, 0.29) is 18.7 Å². The van der Waals surface area contributed by atoms with E-state index in [9.17, 15) is 4.79 Å². The first-order chi connectivity index (χ1) is 8.01. The maximum atomic E-state index is 10.8. The number of hydrogen-bond donors (Lipinski definition) is 0. The lowest BCUT2D eigenvalue weighted by Crippen LogP contribution is -2.17. The van der Waals surface area contributed by atoms with E-state index in [0.717, 1.165) is 6.42 Å². The molecule has 0 aromatic heterocycles. The molecule has 0 aromatic rings. The molecule has 0 heterocycles. The largest absolute Gasteiger partial charge is 0.467 e. The quantitative estimate of drug-likeness (QED) is 0.528. The van der Waals surface area contributed by atoms with Gasteiger partial charge in [-0.15, -0.1) is 6.58 Å². The van der Waals surface area contributed by atoms with Crippen LogP contribution in [0.25, 0.3) is 0 Å². The zero-order chi connectivity index (χ0) is 13.7. The number of carbonyl (C=O) groups is 1. The highest BCUT2D eigenvalue weighted by Crippen LogP contribution is 2.03. The Morgan fingerprint density at radius 3 is 2.24 bits per heavy atom. The van der Waals surface area contributed by atoms with Crippen LogP contribution < -0.4 is 0 Å². The van der Waals surface area contributed by atoms with E-state index in [1.807, 2.05) is 19.9 Å². The molecule has 100 valence electrons. The molecule has 3 heteroatoms. The molecule has 0 radical (unpaired) electrons. The molecule has 0 saturated carbocycles. The first-order valence-electron chi connectivity index (χ1n) is 5.96. The van der Waals surface area contributed by atoms with Crippen molar-refractivity contribution in [3.63, 3.8) is 0 Å². The highest BCUT2D eigenvalue weighted by molar-refractivity contribution is 5.70. The molecule has 0 aliphatic rings. The van der Waals surface area contributed by atoms with Gasteiger partial charge in [-0.2, -0.15) is 0 Å². The average molecular weight is 242 g/mol. The van der Waals surface area contributed by atoms with Crippen LogP contribution in [0.2, 0.25) is 0 Å². The lowest BCUT2D eigenvalue weighted by Gasteiger charge is -2.10. The molecular weight excluding hydrogens is 216 g/mol. The standard InChI is InChI=1S/C11H18O3.C3H8/c1-5-10(7-6-9(2)3)14-8-11(12)13-4;1-3-2/h5-6,10H,1,7-8H2,2-4H3;3H2,1-2H3. The predicted molar refractivity (Wildman–Crippen MR) is 72.0 cm³/mol. The SMILES string of the molecule is C=CC(CC=C(C)C)OCC(=O)OC.CCC. The Balaban J connectivity index is 0. The van der Waals surface area contributed by atoms with Crippen molar-refractivity contribution in [2.45, 2.75) is 46.6 Å². The van der Waals surface area contributed by atoms with Crippen LogP contribution in [0.5, 0.6) is 0 Å². The van der Waals surface area contributed by atoms with Gasteiger partial charge in [0.25, 0.3) is 0 Å². The summed E-state index contributed by atoms with van der Waals surface area (Å²) in [4.78, 5) is 10.8. The fourth-order valence-corrected chi connectivity index (χ4v) is 0.818. The van der Waals surface area contributed by atoms with Crippen molar-refractivity contribution >= 4 is 5.97 Å². The summed E-state index contributed by atoms with van der Waals surface area (Å²) in [5, 5.41) is 0. The fraction of sp³-hybridized carbons (Fsp3) is 0.643. The molecule has 0 saturated heterocycles. The van der Waals surface area contributed by atoms with Crippen LogP contribution in [-0.2, 0) is 14.3 Å². The van der Waals surface area contributed by atoms with Crippen molar-refractivity contribution in [3.05, 3.63) is 24.3 Å². The van der Waals surface area contributed by atoms with Gasteiger partial charge in [-0.05, 0) is 20.3 Å². The van der Waals surface area contributed by atoms with E-state index in [1.165, 1.54) is 19.1 Å². The van der Waals surface area contributed by atoms with Crippen LogP contribution in [0.3, 0.4) is 0 Å². The van der Waals surface area contributed by atoms with E-state index in [2.05, 4.69) is 25.2 Å². The minimum Gasteiger partial charge on any atom is -0.467 e. The number of hydrogen-bond acceptors (Lipinski definition) is 3. The molecule has 0 aliphatic carbocycles. The zero-order valence-electron chi connectivity index (χ0n) is 11.8. The van der Waals surface area contributed by atoms with Crippen molar-refractivity contribution in [2.75, 3.05) is 13.7 Å². The van der Waals surface area contributed by atoms with Gasteiger partial charge in [0.05, 0.1) is 13.2 Å². The van der Waals surface area contributed by atoms with Crippen LogP contribution >= 0.6 is 0 Å². The second-order valence-corrected chi connectivity index (χ2v) is 3.89. The van der Waals surface area contributed by atoms with Gasteiger partial charge in [0.1, 0.15) is 6.61 Å². The molecule has 3 nitrogen and oxygen atoms in total. The molecule has 0 N–H and O–H groups in total. The summed E-state index contributed by atoms with van der Waals surface area (Å²) in [6, 6.07) is 0. The van der Waals surface area contributed by atoms with E-state index in [0.29, 0.717) is 0 Å². The van der Waals surface area contributed by atoms with Gasteiger partial charge < -0.3 is 9.47 Å². The molecule has 0 aromatic carbocycles. The second-order valence-electron chi connectivity index (χ2n) is 3.89. The van der Waals surface area contributed by atoms with Crippen LogP contribution in [-0.4, -0.2) is 25.8 Å². The van der Waals surface area contributed by atoms with E-state index < -0.39 is 0 Å². The molecule has 0 amide bonds. The first-order valence-corrected chi connectivity index (χ1v) is 5.96. The first kappa shape index (κ1) is 18.3. The van der Waals surface area contributed by atoms with Gasteiger partial charge in [-0.3, -0.25) is 0 Å². The Morgan fingerprint density at radius 1 is 1.35 bits per heavy atom. The van der Waals surface area contributed by atoms with Gasteiger partial charge in [0.2, 0.25) is 0 Å². The number of ether oxygens (including phenoxy) is 2. The second kappa shape index (κ2) is 13.0. The summed E-state index contributed by atoms with van der Waals surface area (Å²) in [6.45, 7) is 11.9. The Morgan fingerprint density at radius 2 is 1.88 bits per heavy atom. The molecule has 0 rings (SSSR count). The highest BCUT2D eigenvalue weighted by atomic mass is 16.6. The smallest absolute Gasteiger partial charge is 0.331 e. The zero-order valence-corrected chi connectivity index (χ0v) is 11.8. The van der Waals surface area contributed by atoms with Crippen LogP contribution in [0.15, 0.2) is 24.3 Å². The summed E-state index contributed by atoms with van der Waals surface area (Å²) in [5.41, 5.74) is 1.22. The average Bonchev–Trinajstić information content (AvgIpc) is 2.29. The molecule has 17 heavy (non-hydrogen) atoms. The Hall–Kier alpha value is -1.09. The van der Waals surface area contributed by atoms with Crippen molar-refractivity contribution < 1.29 is 14.3 Å². The van der Waals surface area contributed by atoms with Crippen molar-refractivity contribution in [1.29, 1.82) is 0 Å². The Kier molecular flexibility index (Phi) is 14.0. The molecular formula is C14H26O3. The summed E-state index contributed by atoms with van der Waals surface area (Å²) < 4.78 is 9.71. The molecule has 0 aliphatic heterocycles. The summed E-state index contributed by atoms with van der Waals surface area (Å²) in [6.07, 6.45) is 5.60. The maximum Gasteiger partial charge on any atom is 0.331 e. The van der Waals surface area contributed by atoms with Gasteiger partial charge in [0, 0.05) is 0 Å². The topological polar surface area (TPSA) is 35.5 Å². The van der Waals surface area contributed by atoms with Crippen LogP contribution in [0, 0.1) is 0 Å². The summed E-state index contributed by atoms with van der Waals surface area (Å²) >= 11 is 0. The van der Waals surface area contributed by atoms with Gasteiger partial charge >= 0.3 is 5.97 Å². The maximum absolute atomic E-state index is 10.8. The summed E-state index contributed by atoms with van der Waals surface area (Å²) in [7, 11) is 1.34. The lowest BCUT2D eigenvalue weighted by molar-refractivity contribution is -0.147. The van der Waals surface area contributed by atoms with E-state index in [4.69, 9.17) is 4.74 Å². The Bertz CT molecular complexity index is 228. The lowest BCUT2D eigenvalue weighted by atomic mass is 10.2. The third kappa shape index (κ3) is 14.9. The van der Waals surface area contributed by atoms with Crippen molar-refractivity contribution in [1.82, 2.24) is 0 Å². The predicted octanol–water partition coefficient (Wildman–Crippen LogP) is 3.50. The number of allylic oxidation sites excluding steroid dienone is 1. The highest BCUT2D eigenvalue weighted by Gasteiger charge is 2.06. The minimum absolute atomic E-state index is 0.0240. The molecule has 1 atom stereocenters. The van der Waals surface area contributed by atoms with E-state index in [1.54, 1.807) is 6.08 Å².